The van der Waals surface area contributed by atoms with E-state index < -0.39 is 5.97 Å². The molecule has 0 aromatic heterocycles. The van der Waals surface area contributed by atoms with Crippen LogP contribution in [0, 0.1) is 0 Å². The highest BCUT2D eigenvalue weighted by molar-refractivity contribution is 5.99. The maximum atomic E-state index is 12.3. The number of rotatable bonds is 4. The van der Waals surface area contributed by atoms with Crippen LogP contribution < -0.4 is 9.64 Å². The molecule has 0 saturated carbocycles. The number of anilines is 1. The summed E-state index contributed by atoms with van der Waals surface area (Å²) in [6.45, 7) is 0.184. The van der Waals surface area contributed by atoms with Crippen LogP contribution in [0.15, 0.2) is 42.5 Å². The molecule has 1 amide bonds. The number of amides is 1. The second-order valence-corrected chi connectivity index (χ2v) is 5.38. The first-order valence-corrected chi connectivity index (χ1v) is 7.52. The van der Waals surface area contributed by atoms with Crippen LogP contribution in [0.4, 0.5) is 5.69 Å². The molecule has 0 bridgehead atoms. The Morgan fingerprint density at radius 2 is 2.00 bits per heavy atom. The lowest BCUT2D eigenvalue weighted by atomic mass is 10.2. The summed E-state index contributed by atoms with van der Waals surface area (Å²) in [5.74, 6) is -0.873. The maximum absolute atomic E-state index is 12.3. The number of aromatic hydroxyl groups is 1. The minimum atomic E-state index is -0.771. The van der Waals surface area contributed by atoms with Crippen LogP contribution in [-0.4, -0.2) is 37.2 Å². The zero-order valence-electron chi connectivity index (χ0n) is 13.2. The van der Waals surface area contributed by atoms with E-state index in [1.165, 1.54) is 25.3 Å². The van der Waals surface area contributed by atoms with E-state index in [1.54, 1.807) is 4.90 Å². The summed E-state index contributed by atoms with van der Waals surface area (Å²) in [5.41, 5.74) is 1.91. The van der Waals surface area contributed by atoms with Gasteiger partial charge in [-0.15, -0.1) is 0 Å². The summed E-state index contributed by atoms with van der Waals surface area (Å²) < 4.78 is 10.1. The lowest BCUT2D eigenvalue weighted by Crippen LogP contribution is -2.33. The summed E-state index contributed by atoms with van der Waals surface area (Å²) in [6.07, 6.45) is 0.784. The standard InChI is InChI=1S/C18H17NO5/c1-23-13-6-7-16(20)14(10-13)18(22)24-11-17(21)19-9-8-12-4-2-3-5-15(12)19/h2-7,10,20H,8-9,11H2,1H3. The van der Waals surface area contributed by atoms with Crippen molar-refractivity contribution in [1.29, 1.82) is 0 Å². The predicted molar refractivity (Wildman–Crippen MR) is 87.4 cm³/mol. The molecule has 6 nitrogen and oxygen atoms in total. The van der Waals surface area contributed by atoms with Crippen molar-refractivity contribution in [3.05, 3.63) is 53.6 Å². The van der Waals surface area contributed by atoms with E-state index in [1.807, 2.05) is 24.3 Å². The van der Waals surface area contributed by atoms with E-state index in [0.29, 0.717) is 12.3 Å². The van der Waals surface area contributed by atoms with Gasteiger partial charge in [-0.2, -0.15) is 0 Å². The minimum absolute atomic E-state index is 0.0380. The number of hydrogen-bond acceptors (Lipinski definition) is 5. The van der Waals surface area contributed by atoms with Crippen molar-refractivity contribution in [3.8, 4) is 11.5 Å². The third kappa shape index (κ3) is 3.03. The number of fused-ring (bicyclic) bond motifs is 1. The first-order chi connectivity index (χ1) is 11.6. The molecule has 0 aliphatic carbocycles. The van der Waals surface area contributed by atoms with E-state index in [9.17, 15) is 14.7 Å². The van der Waals surface area contributed by atoms with Crippen LogP contribution >= 0.6 is 0 Å². The molecule has 2 aromatic carbocycles. The number of phenols is 1. The molecule has 0 unspecified atom stereocenters. The van der Waals surface area contributed by atoms with Gasteiger partial charge in [0.15, 0.2) is 6.61 Å². The zero-order valence-corrected chi connectivity index (χ0v) is 13.2. The van der Waals surface area contributed by atoms with Crippen molar-refractivity contribution in [2.45, 2.75) is 6.42 Å². The van der Waals surface area contributed by atoms with Gasteiger partial charge < -0.3 is 19.5 Å². The van der Waals surface area contributed by atoms with Crippen LogP contribution in [0.5, 0.6) is 11.5 Å². The van der Waals surface area contributed by atoms with E-state index in [-0.39, 0.29) is 23.8 Å². The number of esters is 1. The third-order valence-corrected chi connectivity index (χ3v) is 3.94. The second kappa shape index (κ2) is 6.62. The molecular formula is C18H17NO5. The number of nitrogens with zero attached hydrogens (tertiary/aromatic N) is 1. The van der Waals surface area contributed by atoms with Crippen molar-refractivity contribution in [3.63, 3.8) is 0 Å². The molecule has 1 heterocycles. The number of carbonyl (C=O) groups excluding carboxylic acids is 2. The van der Waals surface area contributed by atoms with Crippen molar-refractivity contribution in [2.24, 2.45) is 0 Å². The summed E-state index contributed by atoms with van der Waals surface area (Å²) in [6, 6.07) is 11.9. The number of para-hydroxylation sites is 1. The molecule has 1 N–H and O–H groups in total. The predicted octanol–water partition coefficient (Wildman–Crippen LogP) is 2.15. The SMILES string of the molecule is COc1ccc(O)c(C(=O)OCC(=O)N2CCc3ccccc32)c1. The molecule has 0 radical (unpaired) electrons. The molecule has 24 heavy (non-hydrogen) atoms. The molecule has 0 saturated heterocycles. The number of ether oxygens (including phenoxy) is 2. The van der Waals surface area contributed by atoms with Gasteiger partial charge in [0.2, 0.25) is 0 Å². The minimum Gasteiger partial charge on any atom is -0.507 e. The summed E-state index contributed by atoms with van der Waals surface area (Å²) in [5, 5.41) is 9.76. The molecule has 1 aliphatic heterocycles. The lowest BCUT2D eigenvalue weighted by molar-refractivity contribution is -0.121. The van der Waals surface area contributed by atoms with Gasteiger partial charge in [0.25, 0.3) is 5.91 Å². The molecule has 3 rings (SSSR count). The smallest absolute Gasteiger partial charge is 0.342 e. The number of hydrogen-bond donors (Lipinski definition) is 1. The Morgan fingerprint density at radius 1 is 1.21 bits per heavy atom. The quantitative estimate of drug-likeness (QED) is 0.871. The van der Waals surface area contributed by atoms with E-state index in [2.05, 4.69) is 0 Å². The average molecular weight is 327 g/mol. The second-order valence-electron chi connectivity index (χ2n) is 5.38. The Labute approximate surface area is 139 Å². The van der Waals surface area contributed by atoms with Gasteiger partial charge in [0.1, 0.15) is 17.1 Å². The van der Waals surface area contributed by atoms with Crippen molar-refractivity contribution in [2.75, 3.05) is 25.2 Å². The van der Waals surface area contributed by atoms with Crippen LogP contribution in [0.25, 0.3) is 0 Å². The number of methoxy groups -OCH3 is 1. The molecular weight excluding hydrogens is 310 g/mol. The van der Waals surface area contributed by atoms with Gasteiger partial charge in [-0.3, -0.25) is 4.79 Å². The van der Waals surface area contributed by atoms with Crippen LogP contribution in [0.3, 0.4) is 0 Å². The van der Waals surface area contributed by atoms with Crippen molar-refractivity contribution < 1.29 is 24.2 Å². The van der Waals surface area contributed by atoms with E-state index >= 15 is 0 Å². The van der Waals surface area contributed by atoms with Gasteiger partial charge in [-0.1, -0.05) is 18.2 Å². The normalized spacial score (nSPS) is 12.6. The number of benzene rings is 2. The van der Waals surface area contributed by atoms with Gasteiger partial charge in [-0.25, -0.2) is 4.79 Å². The van der Waals surface area contributed by atoms with E-state index in [0.717, 1.165) is 17.7 Å². The molecule has 0 fully saturated rings. The molecule has 1 aliphatic rings. The molecule has 124 valence electrons. The highest BCUT2D eigenvalue weighted by Gasteiger charge is 2.25. The molecule has 6 heteroatoms. The van der Waals surface area contributed by atoms with Crippen molar-refractivity contribution >= 4 is 17.6 Å². The fourth-order valence-electron chi connectivity index (χ4n) is 2.69. The van der Waals surface area contributed by atoms with E-state index in [4.69, 9.17) is 9.47 Å². The third-order valence-electron chi connectivity index (χ3n) is 3.94. The highest BCUT2D eigenvalue weighted by Crippen LogP contribution is 2.28. The molecule has 0 spiro atoms. The molecule has 2 aromatic rings. The Morgan fingerprint density at radius 3 is 2.79 bits per heavy atom. The number of carbonyl (C=O) groups is 2. The van der Waals surface area contributed by atoms with Crippen LogP contribution in [-0.2, 0) is 16.0 Å². The Hall–Kier alpha value is -3.02. The Bertz CT molecular complexity index is 787. The summed E-state index contributed by atoms with van der Waals surface area (Å²) in [4.78, 5) is 26.0. The number of phenolic OH excluding ortho intramolecular Hbond substituents is 1. The molecule has 0 atom stereocenters. The van der Waals surface area contributed by atoms with Crippen LogP contribution in [0.1, 0.15) is 15.9 Å². The maximum Gasteiger partial charge on any atom is 0.342 e. The van der Waals surface area contributed by atoms with Gasteiger partial charge in [0.05, 0.1) is 7.11 Å². The average Bonchev–Trinajstić information content (AvgIpc) is 3.04. The summed E-state index contributed by atoms with van der Waals surface area (Å²) >= 11 is 0. The first-order valence-electron chi connectivity index (χ1n) is 7.52. The fraction of sp³-hybridized carbons (Fsp3) is 0.222. The monoisotopic (exact) mass is 327 g/mol. The highest BCUT2D eigenvalue weighted by atomic mass is 16.5. The Balaban J connectivity index is 1.66. The topological polar surface area (TPSA) is 76.1 Å². The van der Waals surface area contributed by atoms with Gasteiger partial charge in [-0.05, 0) is 36.2 Å². The zero-order chi connectivity index (χ0) is 17.1. The summed E-state index contributed by atoms with van der Waals surface area (Å²) in [7, 11) is 1.45. The lowest BCUT2D eigenvalue weighted by Gasteiger charge is -2.17. The van der Waals surface area contributed by atoms with Crippen molar-refractivity contribution in [1.82, 2.24) is 0 Å². The largest absolute Gasteiger partial charge is 0.507 e. The Kier molecular flexibility index (Phi) is 4.37. The fourth-order valence-corrected chi connectivity index (χ4v) is 2.69. The van der Waals surface area contributed by atoms with Gasteiger partial charge in [0, 0.05) is 12.2 Å². The first kappa shape index (κ1) is 15.9. The van der Waals surface area contributed by atoms with Crippen LogP contribution in [0.2, 0.25) is 0 Å². The van der Waals surface area contributed by atoms with Gasteiger partial charge >= 0.3 is 5.97 Å².